The van der Waals surface area contributed by atoms with E-state index in [-0.39, 0.29) is 5.91 Å². The molecule has 0 radical (unpaired) electrons. The van der Waals surface area contributed by atoms with Crippen LogP contribution in [0.3, 0.4) is 0 Å². The van der Waals surface area contributed by atoms with Crippen LogP contribution in [-0.4, -0.2) is 57.0 Å². The maximum atomic E-state index is 12.2. The molecule has 25 heavy (non-hydrogen) atoms. The van der Waals surface area contributed by atoms with E-state index in [2.05, 4.69) is 33.1 Å². The Morgan fingerprint density at radius 1 is 1.24 bits per heavy atom. The van der Waals surface area contributed by atoms with Crippen LogP contribution in [0.2, 0.25) is 0 Å². The fraction of sp³-hybridized carbons (Fsp3) is 0.474. The van der Waals surface area contributed by atoms with Crippen LogP contribution in [0, 0.1) is 0 Å². The van der Waals surface area contributed by atoms with Crippen molar-refractivity contribution in [3.05, 3.63) is 47.5 Å². The van der Waals surface area contributed by atoms with Gasteiger partial charge in [0.05, 0.1) is 0 Å². The van der Waals surface area contributed by atoms with Gasteiger partial charge >= 0.3 is 0 Å². The maximum absolute atomic E-state index is 12.2. The lowest BCUT2D eigenvalue weighted by molar-refractivity contribution is 0.0951. The number of benzene rings is 1. The van der Waals surface area contributed by atoms with E-state index in [1.165, 1.54) is 0 Å². The molecule has 1 aromatic carbocycles. The Hall–Kier alpha value is -2.34. The molecule has 0 aromatic heterocycles. The molecule has 3 N–H and O–H groups in total. The summed E-state index contributed by atoms with van der Waals surface area (Å²) in [5, 5.41) is 9.65. The molecule has 2 rings (SSSR count). The fourth-order valence-electron chi connectivity index (χ4n) is 2.63. The molecule has 1 aromatic rings. The number of nitrogens with one attached hydrogen (secondary N) is 3. The molecule has 1 aliphatic carbocycles. The highest BCUT2D eigenvalue weighted by molar-refractivity contribution is 5.94. The van der Waals surface area contributed by atoms with Gasteiger partial charge < -0.3 is 20.9 Å². The highest BCUT2D eigenvalue weighted by atomic mass is 16.1. The number of amides is 1. The molecule has 6 heteroatoms. The number of carbonyl (C=O) groups excluding carboxylic acids is 1. The van der Waals surface area contributed by atoms with E-state index >= 15 is 0 Å². The van der Waals surface area contributed by atoms with Gasteiger partial charge in [-0.25, -0.2) is 0 Å². The van der Waals surface area contributed by atoms with Crippen molar-refractivity contribution in [2.24, 2.45) is 4.99 Å². The summed E-state index contributed by atoms with van der Waals surface area (Å²) >= 11 is 0. The molecule has 6 nitrogen and oxygen atoms in total. The van der Waals surface area contributed by atoms with Crippen LogP contribution in [-0.2, 0) is 6.54 Å². The van der Waals surface area contributed by atoms with E-state index in [4.69, 9.17) is 0 Å². The Morgan fingerprint density at radius 3 is 2.68 bits per heavy atom. The van der Waals surface area contributed by atoms with Gasteiger partial charge in [0.15, 0.2) is 5.96 Å². The molecule has 1 amide bonds. The van der Waals surface area contributed by atoms with E-state index in [9.17, 15) is 4.79 Å². The van der Waals surface area contributed by atoms with Gasteiger partial charge in [-0.05, 0) is 44.6 Å². The van der Waals surface area contributed by atoms with Crippen LogP contribution in [0.1, 0.15) is 28.8 Å². The van der Waals surface area contributed by atoms with Crippen molar-refractivity contribution in [3.8, 4) is 0 Å². The van der Waals surface area contributed by atoms with Crippen molar-refractivity contribution in [1.29, 1.82) is 0 Å². The highest BCUT2D eigenvalue weighted by Gasteiger charge is 2.11. The number of carbonyl (C=O) groups is 1. The molecule has 0 atom stereocenters. The lowest BCUT2D eigenvalue weighted by Crippen LogP contribution is -2.42. The zero-order valence-corrected chi connectivity index (χ0v) is 15.4. The first-order valence-corrected chi connectivity index (χ1v) is 8.72. The summed E-state index contributed by atoms with van der Waals surface area (Å²) in [6, 6.07) is 8.09. The number of aliphatic imine (C=N–C) groups is 1. The Kier molecular flexibility index (Phi) is 7.47. The van der Waals surface area contributed by atoms with Crippen molar-refractivity contribution in [3.63, 3.8) is 0 Å². The third-order valence-electron chi connectivity index (χ3n) is 4.07. The molecule has 0 fully saturated rings. The summed E-state index contributed by atoms with van der Waals surface area (Å²) in [7, 11) is 5.74. The van der Waals surface area contributed by atoms with E-state index in [0.717, 1.165) is 30.9 Å². The number of guanidine groups is 1. The van der Waals surface area contributed by atoms with E-state index in [0.29, 0.717) is 24.7 Å². The van der Waals surface area contributed by atoms with Crippen LogP contribution >= 0.6 is 0 Å². The maximum Gasteiger partial charge on any atom is 0.251 e. The van der Waals surface area contributed by atoms with Crippen molar-refractivity contribution in [2.75, 3.05) is 34.2 Å². The first kappa shape index (κ1) is 19.0. The van der Waals surface area contributed by atoms with Gasteiger partial charge in [-0.1, -0.05) is 24.3 Å². The number of nitrogens with zero attached hydrogens (tertiary/aromatic N) is 2. The number of hydrogen-bond donors (Lipinski definition) is 3. The topological polar surface area (TPSA) is 68.8 Å². The van der Waals surface area contributed by atoms with Crippen molar-refractivity contribution in [1.82, 2.24) is 20.9 Å². The normalized spacial score (nSPS) is 14.8. The zero-order chi connectivity index (χ0) is 18.1. The summed E-state index contributed by atoms with van der Waals surface area (Å²) in [5.74, 6) is 0.748. The number of hydrogen-bond acceptors (Lipinski definition) is 3. The molecule has 0 spiro atoms. The van der Waals surface area contributed by atoms with Crippen LogP contribution in [0.15, 0.2) is 41.4 Å². The van der Waals surface area contributed by atoms with Crippen molar-refractivity contribution in [2.45, 2.75) is 25.4 Å². The summed E-state index contributed by atoms with van der Waals surface area (Å²) < 4.78 is 0. The zero-order valence-electron chi connectivity index (χ0n) is 15.4. The van der Waals surface area contributed by atoms with Gasteiger partial charge in [-0.3, -0.25) is 9.79 Å². The van der Waals surface area contributed by atoms with E-state index in [1.807, 2.05) is 43.3 Å². The minimum absolute atomic E-state index is 0.0387. The van der Waals surface area contributed by atoms with E-state index < -0.39 is 0 Å². The Labute approximate surface area is 150 Å². The Balaban J connectivity index is 1.84. The van der Waals surface area contributed by atoms with Gasteiger partial charge in [0.2, 0.25) is 0 Å². The summed E-state index contributed by atoms with van der Waals surface area (Å²) in [6.45, 7) is 2.09. The van der Waals surface area contributed by atoms with Crippen molar-refractivity contribution < 1.29 is 4.79 Å². The number of rotatable bonds is 7. The smallest absolute Gasteiger partial charge is 0.251 e. The van der Waals surface area contributed by atoms with Gasteiger partial charge in [0.1, 0.15) is 0 Å². The second kappa shape index (κ2) is 9.84. The first-order valence-electron chi connectivity index (χ1n) is 8.72. The van der Waals surface area contributed by atoms with Crippen LogP contribution in [0.4, 0.5) is 0 Å². The van der Waals surface area contributed by atoms with Gasteiger partial charge in [-0.15, -0.1) is 0 Å². The van der Waals surface area contributed by atoms with Crippen LogP contribution < -0.4 is 16.0 Å². The predicted octanol–water partition coefficient (Wildman–Crippen LogP) is 1.36. The highest BCUT2D eigenvalue weighted by Crippen LogP contribution is 2.09. The minimum atomic E-state index is -0.0387. The van der Waals surface area contributed by atoms with Gasteiger partial charge in [0.25, 0.3) is 5.91 Å². The fourth-order valence-corrected chi connectivity index (χ4v) is 2.63. The third kappa shape index (κ3) is 6.58. The average Bonchev–Trinajstić information content (AvgIpc) is 3.11. The molecular weight excluding hydrogens is 314 g/mol. The lowest BCUT2D eigenvalue weighted by atomic mass is 10.1. The SMILES string of the molecule is CN=C(NCc1cccc(C(=O)NCCN(C)C)c1)NC1CC=CC1. The van der Waals surface area contributed by atoms with Crippen LogP contribution in [0.5, 0.6) is 0 Å². The molecule has 1 aliphatic rings. The largest absolute Gasteiger partial charge is 0.353 e. The molecule has 0 heterocycles. The molecule has 0 aliphatic heterocycles. The van der Waals surface area contributed by atoms with Gasteiger partial charge in [-0.2, -0.15) is 0 Å². The molecule has 136 valence electrons. The molecule has 0 bridgehead atoms. The predicted molar refractivity (Wildman–Crippen MR) is 103 cm³/mol. The molecular formula is C19H29N5O. The lowest BCUT2D eigenvalue weighted by Gasteiger charge is -2.17. The summed E-state index contributed by atoms with van der Waals surface area (Å²) in [6.07, 6.45) is 6.43. The first-order chi connectivity index (χ1) is 12.1. The minimum Gasteiger partial charge on any atom is -0.353 e. The third-order valence-corrected chi connectivity index (χ3v) is 4.07. The van der Waals surface area contributed by atoms with Crippen molar-refractivity contribution >= 4 is 11.9 Å². The average molecular weight is 343 g/mol. The van der Waals surface area contributed by atoms with Crippen LogP contribution in [0.25, 0.3) is 0 Å². The second-order valence-corrected chi connectivity index (χ2v) is 6.47. The monoisotopic (exact) mass is 343 g/mol. The summed E-state index contributed by atoms with van der Waals surface area (Å²) in [5.41, 5.74) is 1.73. The molecule has 0 saturated heterocycles. The number of likely N-dealkylation sites (N-methyl/N-ethyl adjacent to an activating group) is 1. The standard InChI is InChI=1S/C19H29N5O/c1-20-19(23-17-9-4-5-10-17)22-14-15-7-6-8-16(13-15)18(25)21-11-12-24(2)3/h4-8,13,17H,9-12,14H2,1-3H3,(H,21,25)(H2,20,22,23). The second-order valence-electron chi connectivity index (χ2n) is 6.47. The summed E-state index contributed by atoms with van der Waals surface area (Å²) in [4.78, 5) is 18.5. The molecule has 0 saturated carbocycles. The quantitative estimate of drug-likeness (QED) is 0.397. The van der Waals surface area contributed by atoms with E-state index in [1.54, 1.807) is 7.05 Å². The molecule has 0 unspecified atom stereocenters. The van der Waals surface area contributed by atoms with Gasteiger partial charge in [0, 0.05) is 38.3 Å². The Morgan fingerprint density at radius 2 is 2.00 bits per heavy atom. The Bertz CT molecular complexity index is 616.